The molecule has 0 radical (unpaired) electrons. The van der Waals surface area contributed by atoms with Crippen LogP contribution in [0.25, 0.3) is 0 Å². The van der Waals surface area contributed by atoms with Crippen LogP contribution in [0.3, 0.4) is 0 Å². The lowest BCUT2D eigenvalue weighted by atomic mass is 10.4. The van der Waals surface area contributed by atoms with E-state index in [-0.39, 0.29) is 0 Å². The smallest absolute Gasteiger partial charge is 0.151 e. The van der Waals surface area contributed by atoms with E-state index in [4.69, 9.17) is 0 Å². The number of unbranched alkanes of at least 4 members (excludes halogenated alkanes) is 1. The topological polar surface area (TPSA) is 0 Å². The molecule has 0 aromatic rings. The van der Waals surface area contributed by atoms with Gasteiger partial charge in [0.15, 0.2) is 0 Å². The number of rotatable bonds is 2. The van der Waals surface area contributed by atoms with Gasteiger partial charge in [0.05, 0.1) is 0 Å². The maximum absolute atomic E-state index is 2.23. The van der Waals surface area contributed by atoms with Crippen molar-refractivity contribution < 1.29 is 0 Å². The minimum Gasteiger partial charge on any atom is -0.151 e. The van der Waals surface area contributed by atoms with Gasteiger partial charge in [-0.2, -0.15) is 4.55 Å². The molecule has 1 heteroatoms. The van der Waals surface area contributed by atoms with Crippen molar-refractivity contribution in [3.63, 3.8) is 0 Å². The molecule has 0 fully saturated rings. The van der Waals surface area contributed by atoms with E-state index in [0.717, 1.165) is 0 Å². The average molecular weight is 82.4 g/mol. The highest BCUT2D eigenvalue weighted by Crippen LogP contribution is 1.86. The summed E-state index contributed by atoms with van der Waals surface area (Å²) in [5, 5.41) is 0. The molecule has 0 spiro atoms. The zero-order valence-corrected chi connectivity index (χ0v) is 6.12. The Labute approximate surface area is 46.4 Å². The summed E-state index contributed by atoms with van der Waals surface area (Å²) in [7, 11) is 0. The van der Waals surface area contributed by atoms with Gasteiger partial charge >= 0.3 is 21.7 Å². The van der Waals surface area contributed by atoms with Crippen LogP contribution in [0.2, 0.25) is 4.55 Å². The van der Waals surface area contributed by atoms with Gasteiger partial charge in [-0.15, -0.1) is 0 Å². The summed E-state index contributed by atoms with van der Waals surface area (Å²) in [6, 6.07) is 0. The highest BCUT2D eigenvalue weighted by molar-refractivity contribution is 6.08. The van der Waals surface area contributed by atoms with Crippen molar-refractivity contribution >= 4 is 21.7 Å². The maximum atomic E-state index is 2.23. The fourth-order valence-corrected chi connectivity index (χ4v) is 1.06. The molecule has 0 amide bonds. The van der Waals surface area contributed by atoms with Gasteiger partial charge < -0.3 is 0 Å². The fourth-order valence-electron chi connectivity index (χ4n) is 0.354. The molecule has 0 heterocycles. The van der Waals surface area contributed by atoms with Gasteiger partial charge in [0, 0.05) is 0 Å². The summed E-state index contributed by atoms with van der Waals surface area (Å²) >= 11 is 1.40. The van der Waals surface area contributed by atoms with Crippen LogP contribution in [0.4, 0.5) is 0 Å². The summed E-state index contributed by atoms with van der Waals surface area (Å²) in [5.41, 5.74) is 0. The standard InChI is InChI=1S/C4H9.Mg.H/c1-3-4-2;;/h1,3-4H2,2H3;;. The van der Waals surface area contributed by atoms with Crippen molar-refractivity contribution in [3.8, 4) is 0 Å². The SMILES string of the molecule is CCC[CH2][MgH]. The fraction of sp³-hybridized carbons (Fsp3) is 1.00. The second kappa shape index (κ2) is 4.77. The predicted molar refractivity (Wildman–Crippen MR) is 26.9 cm³/mol. The molecule has 0 aromatic heterocycles. The van der Waals surface area contributed by atoms with Gasteiger partial charge in [-0.25, -0.2) is 0 Å². The van der Waals surface area contributed by atoms with Gasteiger partial charge in [0.2, 0.25) is 0 Å². The third kappa shape index (κ3) is 4.77. The molecule has 0 saturated carbocycles. The van der Waals surface area contributed by atoms with Crippen molar-refractivity contribution in [1.82, 2.24) is 0 Å². The molecular formula is C4H10Mg. The lowest BCUT2D eigenvalue weighted by molar-refractivity contribution is 0.884. The third-order valence-corrected chi connectivity index (χ3v) is 1.41. The first-order valence-corrected chi connectivity index (χ1v) is 3.83. The average Bonchev–Trinajstić information content (AvgIpc) is 1.41. The summed E-state index contributed by atoms with van der Waals surface area (Å²) in [5.74, 6) is 0. The Balaban J connectivity index is 2.19. The van der Waals surface area contributed by atoms with E-state index in [0.29, 0.717) is 0 Å². The van der Waals surface area contributed by atoms with E-state index in [1.54, 1.807) is 0 Å². The van der Waals surface area contributed by atoms with Crippen molar-refractivity contribution in [1.29, 1.82) is 0 Å². The molecule has 0 aliphatic carbocycles. The predicted octanol–water partition coefficient (Wildman–Crippen LogP) is 1.11. The Bertz CT molecular complexity index is 11.1. The summed E-state index contributed by atoms with van der Waals surface area (Å²) in [4.78, 5) is 0. The Morgan fingerprint density at radius 2 is 2.20 bits per heavy atom. The van der Waals surface area contributed by atoms with Crippen LogP contribution in [-0.2, 0) is 0 Å². The molecule has 5 heavy (non-hydrogen) atoms. The van der Waals surface area contributed by atoms with Crippen molar-refractivity contribution in [2.24, 2.45) is 0 Å². The first kappa shape index (κ1) is 5.77. The largest absolute Gasteiger partial charge is 0.340 e. The zero-order chi connectivity index (χ0) is 4.12. The molecule has 0 N–H and O–H groups in total. The van der Waals surface area contributed by atoms with Crippen LogP contribution in [0.1, 0.15) is 19.8 Å². The zero-order valence-electron chi connectivity index (χ0n) is 4.12. The number of hydrogen-bond donors (Lipinski definition) is 0. The molecular weight excluding hydrogens is 72.3 g/mol. The summed E-state index contributed by atoms with van der Waals surface area (Å²) < 4.78 is 1.48. The van der Waals surface area contributed by atoms with E-state index in [2.05, 4.69) is 6.92 Å². The van der Waals surface area contributed by atoms with E-state index < -0.39 is 0 Å². The summed E-state index contributed by atoms with van der Waals surface area (Å²) in [6.45, 7) is 2.23. The van der Waals surface area contributed by atoms with Gasteiger partial charge in [-0.1, -0.05) is 19.8 Å². The first-order valence-electron chi connectivity index (χ1n) is 2.41. The second-order valence-electron chi connectivity index (χ2n) is 1.35. The minimum absolute atomic E-state index is 1.38. The van der Waals surface area contributed by atoms with Crippen LogP contribution in [0.15, 0.2) is 0 Å². The normalized spacial score (nSPS) is 8.00. The third-order valence-electron chi connectivity index (χ3n) is 0.707. The molecule has 28 valence electrons. The van der Waals surface area contributed by atoms with Crippen molar-refractivity contribution in [3.05, 3.63) is 0 Å². The molecule has 0 nitrogen and oxygen atoms in total. The first-order chi connectivity index (χ1) is 2.41. The Morgan fingerprint density at radius 3 is 2.20 bits per heavy atom. The molecule has 0 rings (SSSR count). The van der Waals surface area contributed by atoms with Crippen LogP contribution < -0.4 is 0 Å². The van der Waals surface area contributed by atoms with Gasteiger partial charge in [0.25, 0.3) is 0 Å². The Hall–Kier alpha value is 0.766. The Morgan fingerprint density at radius 1 is 1.60 bits per heavy atom. The molecule has 0 aromatic carbocycles. The molecule has 0 aliphatic rings. The minimum atomic E-state index is 1.38. The van der Waals surface area contributed by atoms with Crippen molar-refractivity contribution in [2.45, 2.75) is 24.3 Å². The van der Waals surface area contributed by atoms with Gasteiger partial charge in [0.1, 0.15) is 0 Å². The number of hydrogen-bond acceptors (Lipinski definition) is 0. The van der Waals surface area contributed by atoms with E-state index >= 15 is 0 Å². The molecule has 0 unspecified atom stereocenters. The Kier molecular flexibility index (Phi) is 5.50. The van der Waals surface area contributed by atoms with E-state index in [1.165, 1.54) is 39.1 Å². The molecule has 0 aliphatic heterocycles. The summed E-state index contributed by atoms with van der Waals surface area (Å²) in [6.07, 6.45) is 2.83. The monoisotopic (exact) mass is 82.1 g/mol. The van der Waals surface area contributed by atoms with Gasteiger partial charge in [-0.3, -0.25) is 0 Å². The highest BCUT2D eigenvalue weighted by Gasteiger charge is 1.69. The van der Waals surface area contributed by atoms with Crippen LogP contribution in [-0.4, -0.2) is 21.7 Å². The van der Waals surface area contributed by atoms with Crippen molar-refractivity contribution in [2.75, 3.05) is 0 Å². The van der Waals surface area contributed by atoms with Crippen LogP contribution in [0.5, 0.6) is 0 Å². The second-order valence-corrected chi connectivity index (χ2v) is 2.35. The lowest BCUT2D eigenvalue weighted by Gasteiger charge is -1.79. The lowest BCUT2D eigenvalue weighted by Crippen LogP contribution is -1.63. The van der Waals surface area contributed by atoms with Crippen LogP contribution in [0, 0.1) is 0 Å². The molecule has 0 bridgehead atoms. The highest BCUT2D eigenvalue weighted by atomic mass is 24.4. The maximum Gasteiger partial charge on any atom is 0.340 e. The quantitative estimate of drug-likeness (QED) is 0.438. The van der Waals surface area contributed by atoms with Crippen LogP contribution >= 0.6 is 0 Å². The van der Waals surface area contributed by atoms with E-state index in [1.807, 2.05) is 0 Å². The van der Waals surface area contributed by atoms with E-state index in [9.17, 15) is 0 Å². The molecule has 0 saturated heterocycles. The molecule has 0 atom stereocenters. The van der Waals surface area contributed by atoms with Gasteiger partial charge in [-0.05, 0) is 0 Å².